The summed E-state index contributed by atoms with van der Waals surface area (Å²) in [5.41, 5.74) is 2.48. The topological polar surface area (TPSA) is 91.2 Å². The Bertz CT molecular complexity index is 1230. The van der Waals surface area contributed by atoms with Gasteiger partial charge < -0.3 is 15.4 Å². The fourth-order valence-corrected chi connectivity index (χ4v) is 2.99. The van der Waals surface area contributed by atoms with E-state index in [0.29, 0.717) is 16.9 Å². The lowest BCUT2D eigenvalue weighted by molar-refractivity contribution is -0.118. The van der Waals surface area contributed by atoms with Gasteiger partial charge in [0, 0.05) is 11.4 Å². The van der Waals surface area contributed by atoms with Crippen LogP contribution in [0.4, 0.5) is 15.8 Å². The third-order valence-corrected chi connectivity index (χ3v) is 4.72. The Morgan fingerprint density at radius 2 is 1.67 bits per heavy atom. The molecular formula is C25H19ClFN3O3. The molecule has 3 aromatic carbocycles. The molecule has 3 rings (SSSR count). The molecule has 0 spiro atoms. The molecule has 6 nitrogen and oxygen atoms in total. The highest BCUT2D eigenvalue weighted by atomic mass is 35.5. The number of amides is 2. The van der Waals surface area contributed by atoms with Gasteiger partial charge in [0.1, 0.15) is 23.2 Å². The molecule has 0 aliphatic rings. The number of anilines is 2. The zero-order valence-corrected chi connectivity index (χ0v) is 18.3. The van der Waals surface area contributed by atoms with Gasteiger partial charge in [-0.2, -0.15) is 5.26 Å². The maximum atomic E-state index is 12.9. The van der Waals surface area contributed by atoms with Crippen LogP contribution in [0.2, 0.25) is 5.02 Å². The van der Waals surface area contributed by atoms with Crippen LogP contribution in [0, 0.1) is 24.1 Å². The van der Waals surface area contributed by atoms with Crippen molar-refractivity contribution in [1.29, 1.82) is 5.26 Å². The second-order valence-electron chi connectivity index (χ2n) is 7.02. The predicted octanol–water partition coefficient (Wildman–Crippen LogP) is 5.35. The molecule has 33 heavy (non-hydrogen) atoms. The van der Waals surface area contributed by atoms with Gasteiger partial charge in [-0.3, -0.25) is 9.59 Å². The molecule has 0 saturated carbocycles. The minimum Gasteiger partial charge on any atom is -0.482 e. The van der Waals surface area contributed by atoms with E-state index >= 15 is 0 Å². The predicted molar refractivity (Wildman–Crippen MR) is 125 cm³/mol. The van der Waals surface area contributed by atoms with Gasteiger partial charge in [-0.05, 0) is 67.1 Å². The number of nitriles is 1. The first kappa shape index (κ1) is 23.5. The highest BCUT2D eigenvalue weighted by molar-refractivity contribution is 6.32. The second kappa shape index (κ2) is 10.9. The second-order valence-corrected chi connectivity index (χ2v) is 7.43. The fourth-order valence-electron chi connectivity index (χ4n) is 2.75. The largest absolute Gasteiger partial charge is 0.482 e. The Morgan fingerprint density at radius 1 is 1.03 bits per heavy atom. The Labute approximate surface area is 195 Å². The number of ether oxygens (including phenoxy) is 1. The number of benzene rings is 3. The monoisotopic (exact) mass is 463 g/mol. The van der Waals surface area contributed by atoms with Crippen molar-refractivity contribution in [1.82, 2.24) is 0 Å². The molecule has 0 aliphatic carbocycles. The first-order valence-electron chi connectivity index (χ1n) is 9.81. The quantitative estimate of drug-likeness (QED) is 0.365. The summed E-state index contributed by atoms with van der Waals surface area (Å²) < 4.78 is 18.4. The Balaban J connectivity index is 1.62. The summed E-state index contributed by atoms with van der Waals surface area (Å²) in [4.78, 5) is 24.4. The van der Waals surface area contributed by atoms with Gasteiger partial charge in [0.15, 0.2) is 6.61 Å². The number of carbonyl (C=O) groups is 2. The fraction of sp³-hybridized carbons (Fsp3) is 0.0800. The standard InChI is InChI=1S/C25H19ClFN3O3/c1-16-2-7-21(8-3-16)30-25(32)18(14-28)12-17-4-11-23(22(26)13-17)33-15-24(31)29-20-9-5-19(27)6-10-20/h2-13H,15H2,1H3,(H,29,31)(H,30,32)/b18-12-. The molecule has 2 N–H and O–H groups in total. The Hall–Kier alpha value is -4.15. The summed E-state index contributed by atoms with van der Waals surface area (Å²) in [7, 11) is 0. The van der Waals surface area contributed by atoms with E-state index in [-0.39, 0.29) is 23.0 Å². The molecule has 3 aromatic rings. The van der Waals surface area contributed by atoms with Crippen LogP contribution >= 0.6 is 11.6 Å². The van der Waals surface area contributed by atoms with Crippen LogP contribution in [-0.4, -0.2) is 18.4 Å². The van der Waals surface area contributed by atoms with Crippen molar-refractivity contribution in [3.05, 3.63) is 94.3 Å². The normalized spacial score (nSPS) is 10.8. The van der Waals surface area contributed by atoms with Gasteiger partial charge in [-0.1, -0.05) is 35.4 Å². The number of halogens is 2. The van der Waals surface area contributed by atoms with Crippen molar-refractivity contribution < 1.29 is 18.7 Å². The molecule has 0 saturated heterocycles. The van der Waals surface area contributed by atoms with Gasteiger partial charge in [0.05, 0.1) is 5.02 Å². The maximum absolute atomic E-state index is 12.9. The van der Waals surface area contributed by atoms with Gasteiger partial charge in [-0.25, -0.2) is 4.39 Å². The lowest BCUT2D eigenvalue weighted by atomic mass is 10.1. The third kappa shape index (κ3) is 6.92. The molecule has 0 heterocycles. The Kier molecular flexibility index (Phi) is 7.79. The molecule has 0 aliphatic heterocycles. The number of aryl methyl sites for hydroxylation is 1. The molecule has 0 radical (unpaired) electrons. The zero-order chi connectivity index (χ0) is 23.8. The van der Waals surface area contributed by atoms with Gasteiger partial charge in [0.2, 0.25) is 0 Å². The molecule has 166 valence electrons. The van der Waals surface area contributed by atoms with E-state index < -0.39 is 17.6 Å². The SMILES string of the molecule is Cc1ccc(NC(=O)/C(C#N)=C\c2ccc(OCC(=O)Nc3ccc(F)cc3)c(Cl)c2)cc1. The minimum atomic E-state index is -0.546. The first-order chi connectivity index (χ1) is 15.8. The third-order valence-electron chi connectivity index (χ3n) is 4.43. The van der Waals surface area contributed by atoms with E-state index in [1.165, 1.54) is 42.5 Å². The molecular weight excluding hydrogens is 445 g/mol. The van der Waals surface area contributed by atoms with Crippen molar-refractivity contribution in [2.75, 3.05) is 17.2 Å². The molecule has 8 heteroatoms. The van der Waals surface area contributed by atoms with E-state index in [0.717, 1.165) is 5.56 Å². The zero-order valence-electron chi connectivity index (χ0n) is 17.6. The van der Waals surface area contributed by atoms with Crippen molar-refractivity contribution in [2.24, 2.45) is 0 Å². The number of nitrogens with zero attached hydrogens (tertiary/aromatic N) is 1. The van der Waals surface area contributed by atoms with Crippen molar-refractivity contribution in [3.63, 3.8) is 0 Å². The number of carbonyl (C=O) groups excluding carboxylic acids is 2. The van der Waals surface area contributed by atoms with Crippen LogP contribution in [0.15, 0.2) is 72.3 Å². The van der Waals surface area contributed by atoms with Crippen molar-refractivity contribution in [3.8, 4) is 11.8 Å². The highest BCUT2D eigenvalue weighted by Gasteiger charge is 2.11. The summed E-state index contributed by atoms with van der Waals surface area (Å²) in [6.45, 7) is 1.62. The van der Waals surface area contributed by atoms with Crippen LogP contribution in [0.1, 0.15) is 11.1 Å². The number of hydrogen-bond acceptors (Lipinski definition) is 4. The first-order valence-corrected chi connectivity index (χ1v) is 10.2. The summed E-state index contributed by atoms with van der Waals surface area (Å²) in [5, 5.41) is 14.8. The van der Waals surface area contributed by atoms with Crippen LogP contribution in [0.5, 0.6) is 5.75 Å². The lowest BCUT2D eigenvalue weighted by Crippen LogP contribution is -2.20. The van der Waals surface area contributed by atoms with Gasteiger partial charge >= 0.3 is 0 Å². The van der Waals surface area contributed by atoms with Crippen molar-refractivity contribution in [2.45, 2.75) is 6.92 Å². The van der Waals surface area contributed by atoms with Crippen LogP contribution in [0.3, 0.4) is 0 Å². The van der Waals surface area contributed by atoms with E-state index in [9.17, 15) is 19.2 Å². The van der Waals surface area contributed by atoms with Crippen LogP contribution in [-0.2, 0) is 9.59 Å². The molecule has 0 bridgehead atoms. The molecule has 2 amide bonds. The number of rotatable bonds is 7. The number of hydrogen-bond donors (Lipinski definition) is 2. The summed E-state index contributed by atoms with van der Waals surface area (Å²) in [6, 6.07) is 19.1. The summed E-state index contributed by atoms with van der Waals surface area (Å²) in [5.74, 6) is -1.14. The average molecular weight is 464 g/mol. The van der Waals surface area contributed by atoms with E-state index in [1.54, 1.807) is 18.2 Å². The lowest BCUT2D eigenvalue weighted by Gasteiger charge is -2.10. The molecule has 0 fully saturated rings. The highest BCUT2D eigenvalue weighted by Crippen LogP contribution is 2.26. The molecule has 0 atom stereocenters. The molecule has 0 unspecified atom stereocenters. The smallest absolute Gasteiger partial charge is 0.266 e. The van der Waals surface area contributed by atoms with Gasteiger partial charge in [-0.15, -0.1) is 0 Å². The van der Waals surface area contributed by atoms with Crippen molar-refractivity contribution >= 4 is 40.9 Å². The van der Waals surface area contributed by atoms with Crippen LogP contribution < -0.4 is 15.4 Å². The maximum Gasteiger partial charge on any atom is 0.266 e. The summed E-state index contributed by atoms with van der Waals surface area (Å²) >= 11 is 6.23. The summed E-state index contributed by atoms with van der Waals surface area (Å²) in [6.07, 6.45) is 1.40. The van der Waals surface area contributed by atoms with Crippen LogP contribution in [0.25, 0.3) is 6.08 Å². The van der Waals surface area contributed by atoms with E-state index in [1.807, 2.05) is 25.1 Å². The average Bonchev–Trinajstić information content (AvgIpc) is 2.80. The van der Waals surface area contributed by atoms with Gasteiger partial charge in [0.25, 0.3) is 11.8 Å². The molecule has 0 aromatic heterocycles. The van der Waals surface area contributed by atoms with E-state index in [2.05, 4.69) is 10.6 Å². The minimum absolute atomic E-state index is 0.0982. The Morgan fingerprint density at radius 3 is 2.30 bits per heavy atom. The van der Waals surface area contributed by atoms with E-state index in [4.69, 9.17) is 16.3 Å². The number of nitrogens with one attached hydrogen (secondary N) is 2.